The van der Waals surface area contributed by atoms with Crippen LogP contribution in [0.3, 0.4) is 0 Å². The minimum Gasteiger partial charge on any atom is -0.351 e. The Morgan fingerprint density at radius 1 is 1.23 bits per heavy atom. The number of unbranched alkanes of at least 4 members (excludes halogenated alkanes) is 1. The van der Waals surface area contributed by atoms with E-state index in [0.29, 0.717) is 24.7 Å². The number of benzene rings is 1. The Labute approximate surface area is 131 Å². The zero-order valence-corrected chi connectivity index (χ0v) is 13.1. The standard InChI is InChI=1S/C17H22N4O/c1-3-4-11-18-16(22)15-10-12-19-17(20-15)21(2)13-14-8-6-5-7-9-14/h5-10,12H,3-4,11,13H2,1-2H3,(H,18,22). The Hall–Kier alpha value is -2.43. The average molecular weight is 298 g/mol. The summed E-state index contributed by atoms with van der Waals surface area (Å²) in [4.78, 5) is 22.6. The monoisotopic (exact) mass is 298 g/mol. The van der Waals surface area contributed by atoms with Crippen LogP contribution in [0.4, 0.5) is 5.95 Å². The van der Waals surface area contributed by atoms with Gasteiger partial charge in [0.15, 0.2) is 0 Å². The largest absolute Gasteiger partial charge is 0.351 e. The zero-order valence-electron chi connectivity index (χ0n) is 13.1. The summed E-state index contributed by atoms with van der Waals surface area (Å²) < 4.78 is 0. The molecule has 0 unspecified atom stereocenters. The topological polar surface area (TPSA) is 58.1 Å². The SMILES string of the molecule is CCCCNC(=O)c1ccnc(N(C)Cc2ccccc2)n1. The second-order valence-corrected chi connectivity index (χ2v) is 5.19. The van der Waals surface area contributed by atoms with Crippen molar-refractivity contribution in [2.75, 3.05) is 18.5 Å². The molecule has 1 aromatic heterocycles. The minimum absolute atomic E-state index is 0.148. The summed E-state index contributed by atoms with van der Waals surface area (Å²) in [6, 6.07) is 11.7. The van der Waals surface area contributed by atoms with Gasteiger partial charge in [0, 0.05) is 26.3 Å². The van der Waals surface area contributed by atoms with E-state index in [1.807, 2.05) is 30.1 Å². The molecule has 0 fully saturated rings. The molecule has 0 bridgehead atoms. The number of rotatable bonds is 7. The van der Waals surface area contributed by atoms with Crippen LogP contribution in [-0.4, -0.2) is 29.5 Å². The molecule has 0 atom stereocenters. The average Bonchev–Trinajstić information content (AvgIpc) is 2.56. The fourth-order valence-corrected chi connectivity index (χ4v) is 2.06. The van der Waals surface area contributed by atoms with Gasteiger partial charge in [0.05, 0.1) is 0 Å². The first kappa shape index (κ1) is 15.9. The smallest absolute Gasteiger partial charge is 0.270 e. The van der Waals surface area contributed by atoms with Gasteiger partial charge in [0.25, 0.3) is 5.91 Å². The number of aromatic nitrogens is 2. The molecule has 1 amide bonds. The van der Waals surface area contributed by atoms with Gasteiger partial charge in [-0.05, 0) is 18.1 Å². The summed E-state index contributed by atoms with van der Waals surface area (Å²) in [6.45, 7) is 3.46. The maximum absolute atomic E-state index is 12.0. The van der Waals surface area contributed by atoms with Crippen molar-refractivity contribution in [2.45, 2.75) is 26.3 Å². The number of carbonyl (C=O) groups excluding carboxylic acids is 1. The molecular weight excluding hydrogens is 276 g/mol. The highest BCUT2D eigenvalue weighted by Crippen LogP contribution is 2.10. The highest BCUT2D eigenvalue weighted by atomic mass is 16.1. The van der Waals surface area contributed by atoms with Crippen molar-refractivity contribution >= 4 is 11.9 Å². The van der Waals surface area contributed by atoms with E-state index in [0.717, 1.165) is 12.8 Å². The third-order valence-corrected chi connectivity index (χ3v) is 3.30. The van der Waals surface area contributed by atoms with E-state index >= 15 is 0 Å². The van der Waals surface area contributed by atoms with Gasteiger partial charge in [-0.25, -0.2) is 9.97 Å². The number of amides is 1. The van der Waals surface area contributed by atoms with Crippen LogP contribution in [0.15, 0.2) is 42.6 Å². The van der Waals surface area contributed by atoms with Crippen LogP contribution in [0, 0.1) is 0 Å². The highest BCUT2D eigenvalue weighted by molar-refractivity contribution is 5.92. The molecule has 1 N–H and O–H groups in total. The fourth-order valence-electron chi connectivity index (χ4n) is 2.06. The van der Waals surface area contributed by atoms with E-state index in [2.05, 4.69) is 34.3 Å². The van der Waals surface area contributed by atoms with Crippen LogP contribution < -0.4 is 10.2 Å². The molecule has 116 valence electrons. The van der Waals surface area contributed by atoms with Crippen LogP contribution >= 0.6 is 0 Å². The lowest BCUT2D eigenvalue weighted by Crippen LogP contribution is -2.26. The van der Waals surface area contributed by atoms with Gasteiger partial charge < -0.3 is 10.2 Å². The number of hydrogen-bond acceptors (Lipinski definition) is 4. The Bertz CT molecular complexity index is 601. The van der Waals surface area contributed by atoms with Crippen molar-refractivity contribution in [3.63, 3.8) is 0 Å². The van der Waals surface area contributed by atoms with E-state index in [1.165, 1.54) is 5.56 Å². The molecule has 5 nitrogen and oxygen atoms in total. The van der Waals surface area contributed by atoms with Gasteiger partial charge in [-0.3, -0.25) is 4.79 Å². The molecule has 1 aromatic carbocycles. The maximum Gasteiger partial charge on any atom is 0.270 e. The van der Waals surface area contributed by atoms with Crippen molar-refractivity contribution in [3.8, 4) is 0 Å². The number of nitrogens with one attached hydrogen (secondary N) is 1. The lowest BCUT2D eigenvalue weighted by atomic mass is 10.2. The van der Waals surface area contributed by atoms with Crippen LogP contribution in [0.5, 0.6) is 0 Å². The molecule has 0 radical (unpaired) electrons. The van der Waals surface area contributed by atoms with Crippen molar-refractivity contribution in [1.29, 1.82) is 0 Å². The molecule has 2 rings (SSSR count). The van der Waals surface area contributed by atoms with Crippen molar-refractivity contribution in [3.05, 3.63) is 53.9 Å². The van der Waals surface area contributed by atoms with E-state index in [9.17, 15) is 4.79 Å². The molecule has 0 spiro atoms. The Balaban J connectivity index is 2.02. The molecule has 0 saturated heterocycles. The van der Waals surface area contributed by atoms with Crippen molar-refractivity contribution in [1.82, 2.24) is 15.3 Å². The summed E-state index contributed by atoms with van der Waals surface area (Å²) >= 11 is 0. The summed E-state index contributed by atoms with van der Waals surface area (Å²) in [5.74, 6) is 0.400. The van der Waals surface area contributed by atoms with Crippen LogP contribution in [0.25, 0.3) is 0 Å². The Kier molecular flexibility index (Phi) is 5.89. The molecule has 5 heteroatoms. The lowest BCUT2D eigenvalue weighted by molar-refractivity contribution is 0.0948. The lowest BCUT2D eigenvalue weighted by Gasteiger charge is -2.17. The van der Waals surface area contributed by atoms with Crippen LogP contribution in [0.2, 0.25) is 0 Å². The first-order valence-corrected chi connectivity index (χ1v) is 7.57. The number of hydrogen-bond donors (Lipinski definition) is 1. The van der Waals surface area contributed by atoms with E-state index in [-0.39, 0.29) is 5.91 Å². The molecule has 0 aliphatic carbocycles. The third-order valence-electron chi connectivity index (χ3n) is 3.30. The van der Waals surface area contributed by atoms with Gasteiger partial charge in [-0.2, -0.15) is 0 Å². The maximum atomic E-state index is 12.0. The predicted molar refractivity (Wildman–Crippen MR) is 87.8 cm³/mol. The predicted octanol–water partition coefficient (Wildman–Crippen LogP) is 2.64. The van der Waals surface area contributed by atoms with Gasteiger partial charge >= 0.3 is 0 Å². The zero-order chi connectivity index (χ0) is 15.8. The van der Waals surface area contributed by atoms with Crippen molar-refractivity contribution in [2.24, 2.45) is 0 Å². The number of carbonyl (C=O) groups is 1. The van der Waals surface area contributed by atoms with Gasteiger partial charge in [0.2, 0.25) is 5.95 Å². The summed E-state index contributed by atoms with van der Waals surface area (Å²) in [5.41, 5.74) is 1.58. The van der Waals surface area contributed by atoms with Gasteiger partial charge in [-0.15, -0.1) is 0 Å². The number of anilines is 1. The Morgan fingerprint density at radius 3 is 2.73 bits per heavy atom. The molecule has 22 heavy (non-hydrogen) atoms. The van der Waals surface area contributed by atoms with Gasteiger partial charge in [-0.1, -0.05) is 43.7 Å². The van der Waals surface area contributed by atoms with E-state index in [1.54, 1.807) is 12.3 Å². The first-order chi connectivity index (χ1) is 10.7. The molecule has 1 heterocycles. The Morgan fingerprint density at radius 2 is 2.00 bits per heavy atom. The number of nitrogens with zero attached hydrogens (tertiary/aromatic N) is 3. The minimum atomic E-state index is -0.148. The summed E-state index contributed by atoms with van der Waals surface area (Å²) in [7, 11) is 1.92. The van der Waals surface area contributed by atoms with Crippen LogP contribution in [0.1, 0.15) is 35.8 Å². The first-order valence-electron chi connectivity index (χ1n) is 7.57. The quantitative estimate of drug-likeness (QED) is 0.798. The fraction of sp³-hybridized carbons (Fsp3) is 0.353. The van der Waals surface area contributed by atoms with Crippen molar-refractivity contribution < 1.29 is 4.79 Å². The molecule has 2 aromatic rings. The van der Waals surface area contributed by atoms with E-state index < -0.39 is 0 Å². The molecular formula is C17H22N4O. The molecule has 0 aliphatic rings. The van der Waals surface area contributed by atoms with Crippen LogP contribution in [-0.2, 0) is 6.54 Å². The highest BCUT2D eigenvalue weighted by Gasteiger charge is 2.11. The normalized spacial score (nSPS) is 10.3. The summed E-state index contributed by atoms with van der Waals surface area (Å²) in [5, 5.41) is 2.87. The summed E-state index contributed by atoms with van der Waals surface area (Å²) in [6.07, 6.45) is 3.64. The van der Waals surface area contributed by atoms with E-state index in [4.69, 9.17) is 0 Å². The molecule has 0 aliphatic heterocycles. The third kappa shape index (κ3) is 4.55. The van der Waals surface area contributed by atoms with Gasteiger partial charge in [0.1, 0.15) is 5.69 Å². The second kappa shape index (κ2) is 8.12. The molecule has 0 saturated carbocycles. The second-order valence-electron chi connectivity index (χ2n) is 5.19.